The van der Waals surface area contributed by atoms with Gasteiger partial charge in [-0.2, -0.15) is 0 Å². The minimum atomic E-state index is -0.680. The van der Waals surface area contributed by atoms with Gasteiger partial charge in [0.2, 0.25) is 0 Å². The Labute approximate surface area is 134 Å². The zero-order valence-electron chi connectivity index (χ0n) is 13.6. The van der Waals surface area contributed by atoms with Crippen molar-refractivity contribution < 1.29 is 13.6 Å². The lowest BCUT2D eigenvalue weighted by atomic mass is 10.1. The highest BCUT2D eigenvalue weighted by Gasteiger charge is 2.15. The largest absolute Gasteiger partial charge is 0.331 e. The minimum absolute atomic E-state index is 0.235. The van der Waals surface area contributed by atoms with Crippen LogP contribution < -0.4 is 10.6 Å². The van der Waals surface area contributed by atoms with Crippen LogP contribution in [0.25, 0.3) is 0 Å². The van der Waals surface area contributed by atoms with Crippen molar-refractivity contribution in [3.8, 4) is 0 Å². The summed E-state index contributed by atoms with van der Waals surface area (Å²) in [6.45, 7) is 7.46. The number of amides is 2. The van der Waals surface area contributed by atoms with E-state index in [0.717, 1.165) is 28.4 Å². The predicted octanol–water partition coefficient (Wildman–Crippen LogP) is 4.77. The molecule has 0 bridgehead atoms. The standard InChI is InChI=1S/C18H20F2N2O/c1-10-7-11(2)17(12(3)8-10)22-18(23)21-13(4)15-6-5-14(19)9-16(15)20/h5-9,13H,1-4H3,(H2,21,22,23)/t13-/m0/s1. The Kier molecular flexibility index (Phi) is 4.98. The van der Waals surface area contributed by atoms with Gasteiger partial charge in [0.15, 0.2) is 0 Å². The lowest BCUT2D eigenvalue weighted by Gasteiger charge is -2.18. The zero-order valence-corrected chi connectivity index (χ0v) is 13.6. The molecule has 2 aromatic rings. The first kappa shape index (κ1) is 16.9. The molecule has 0 spiro atoms. The van der Waals surface area contributed by atoms with Gasteiger partial charge >= 0.3 is 6.03 Å². The van der Waals surface area contributed by atoms with Gasteiger partial charge in [-0.3, -0.25) is 0 Å². The molecule has 1 atom stereocenters. The molecule has 0 radical (unpaired) electrons. The van der Waals surface area contributed by atoms with Gasteiger partial charge in [-0.15, -0.1) is 0 Å². The van der Waals surface area contributed by atoms with E-state index in [-0.39, 0.29) is 5.56 Å². The summed E-state index contributed by atoms with van der Waals surface area (Å²) in [5.74, 6) is -1.32. The summed E-state index contributed by atoms with van der Waals surface area (Å²) in [5, 5.41) is 5.45. The molecular weight excluding hydrogens is 298 g/mol. The van der Waals surface area contributed by atoms with Crippen molar-refractivity contribution in [1.29, 1.82) is 0 Å². The van der Waals surface area contributed by atoms with Gasteiger partial charge < -0.3 is 10.6 Å². The first-order valence-corrected chi connectivity index (χ1v) is 7.38. The van der Waals surface area contributed by atoms with Crippen LogP contribution in [0, 0.1) is 32.4 Å². The van der Waals surface area contributed by atoms with Crippen molar-refractivity contribution in [2.75, 3.05) is 5.32 Å². The number of urea groups is 1. The highest BCUT2D eigenvalue weighted by Crippen LogP contribution is 2.22. The number of benzene rings is 2. The van der Waals surface area contributed by atoms with Crippen molar-refractivity contribution in [2.24, 2.45) is 0 Å². The zero-order chi connectivity index (χ0) is 17.1. The molecule has 2 N–H and O–H groups in total. The van der Waals surface area contributed by atoms with E-state index in [4.69, 9.17) is 0 Å². The van der Waals surface area contributed by atoms with Crippen LogP contribution in [0.5, 0.6) is 0 Å². The molecule has 0 aliphatic heterocycles. The number of halogens is 2. The number of nitrogens with one attached hydrogen (secondary N) is 2. The van der Waals surface area contributed by atoms with Gasteiger partial charge in [0.25, 0.3) is 0 Å². The van der Waals surface area contributed by atoms with E-state index in [1.807, 2.05) is 32.9 Å². The van der Waals surface area contributed by atoms with E-state index in [2.05, 4.69) is 10.6 Å². The summed E-state index contributed by atoms with van der Waals surface area (Å²) in [7, 11) is 0. The number of aryl methyl sites for hydroxylation is 3. The van der Waals surface area contributed by atoms with Crippen LogP contribution in [0.2, 0.25) is 0 Å². The average molecular weight is 318 g/mol. The number of anilines is 1. The highest BCUT2D eigenvalue weighted by molar-refractivity contribution is 5.91. The van der Waals surface area contributed by atoms with Crippen LogP contribution in [0.3, 0.4) is 0 Å². The highest BCUT2D eigenvalue weighted by atomic mass is 19.1. The van der Waals surface area contributed by atoms with Crippen molar-refractivity contribution in [3.63, 3.8) is 0 Å². The maximum absolute atomic E-state index is 13.7. The molecule has 2 amide bonds. The SMILES string of the molecule is Cc1cc(C)c(NC(=O)N[C@@H](C)c2ccc(F)cc2F)c(C)c1. The van der Waals surface area contributed by atoms with Crippen molar-refractivity contribution in [1.82, 2.24) is 5.32 Å². The fraction of sp³-hybridized carbons (Fsp3) is 0.278. The van der Waals surface area contributed by atoms with Crippen LogP contribution in [0.1, 0.15) is 35.2 Å². The van der Waals surface area contributed by atoms with Crippen molar-refractivity contribution in [3.05, 3.63) is 64.2 Å². The Morgan fingerprint density at radius 1 is 1.04 bits per heavy atom. The number of rotatable bonds is 3. The Balaban J connectivity index is 2.10. The fourth-order valence-electron chi connectivity index (χ4n) is 2.65. The van der Waals surface area contributed by atoms with Gasteiger partial charge in [-0.1, -0.05) is 23.8 Å². The minimum Gasteiger partial charge on any atom is -0.331 e. The number of carbonyl (C=O) groups excluding carboxylic acids is 1. The monoisotopic (exact) mass is 318 g/mol. The van der Waals surface area contributed by atoms with Gasteiger partial charge in [0, 0.05) is 17.3 Å². The first-order chi connectivity index (χ1) is 10.8. The van der Waals surface area contributed by atoms with Crippen LogP contribution in [0.15, 0.2) is 30.3 Å². The molecule has 0 aliphatic rings. The third-order valence-corrected chi connectivity index (χ3v) is 3.69. The molecule has 0 heterocycles. The second kappa shape index (κ2) is 6.77. The smallest absolute Gasteiger partial charge is 0.319 e. The topological polar surface area (TPSA) is 41.1 Å². The summed E-state index contributed by atoms with van der Waals surface area (Å²) in [5.41, 5.74) is 4.00. The third kappa shape index (κ3) is 4.06. The van der Waals surface area contributed by atoms with Crippen LogP contribution in [-0.4, -0.2) is 6.03 Å². The first-order valence-electron chi connectivity index (χ1n) is 7.38. The Morgan fingerprint density at radius 3 is 2.22 bits per heavy atom. The molecule has 0 aliphatic carbocycles. The molecule has 5 heteroatoms. The average Bonchev–Trinajstić information content (AvgIpc) is 2.42. The van der Waals surface area contributed by atoms with Crippen LogP contribution in [-0.2, 0) is 0 Å². The molecule has 0 unspecified atom stereocenters. The maximum Gasteiger partial charge on any atom is 0.319 e. The Morgan fingerprint density at radius 2 is 1.65 bits per heavy atom. The van der Waals surface area contributed by atoms with E-state index in [1.165, 1.54) is 12.1 Å². The van der Waals surface area contributed by atoms with E-state index < -0.39 is 23.7 Å². The van der Waals surface area contributed by atoms with Crippen LogP contribution >= 0.6 is 0 Å². The third-order valence-electron chi connectivity index (χ3n) is 3.69. The number of hydrogen-bond donors (Lipinski definition) is 2. The molecular formula is C18H20F2N2O. The second-order valence-corrected chi connectivity index (χ2v) is 5.76. The molecule has 23 heavy (non-hydrogen) atoms. The summed E-state index contributed by atoms with van der Waals surface area (Å²) in [4.78, 5) is 12.1. The van der Waals surface area contributed by atoms with Crippen molar-refractivity contribution >= 4 is 11.7 Å². The molecule has 0 saturated heterocycles. The molecule has 2 rings (SSSR count). The summed E-state index contributed by atoms with van der Waals surface area (Å²) in [6.07, 6.45) is 0. The summed E-state index contributed by atoms with van der Waals surface area (Å²) >= 11 is 0. The van der Waals surface area contributed by atoms with Crippen molar-refractivity contribution in [2.45, 2.75) is 33.7 Å². The number of hydrogen-bond acceptors (Lipinski definition) is 1. The van der Waals surface area contributed by atoms with E-state index in [9.17, 15) is 13.6 Å². The van der Waals surface area contributed by atoms with Gasteiger partial charge in [0.1, 0.15) is 11.6 Å². The molecule has 3 nitrogen and oxygen atoms in total. The normalized spacial score (nSPS) is 11.9. The molecule has 2 aromatic carbocycles. The lowest BCUT2D eigenvalue weighted by Crippen LogP contribution is -2.32. The maximum atomic E-state index is 13.7. The quantitative estimate of drug-likeness (QED) is 0.840. The van der Waals surface area contributed by atoms with E-state index in [1.54, 1.807) is 6.92 Å². The number of carbonyl (C=O) groups is 1. The van der Waals surface area contributed by atoms with Gasteiger partial charge in [0.05, 0.1) is 6.04 Å². The molecule has 0 saturated carbocycles. The Hall–Kier alpha value is -2.43. The lowest BCUT2D eigenvalue weighted by molar-refractivity contribution is 0.249. The second-order valence-electron chi connectivity index (χ2n) is 5.76. The van der Waals surface area contributed by atoms with Crippen LogP contribution in [0.4, 0.5) is 19.3 Å². The predicted molar refractivity (Wildman–Crippen MR) is 87.6 cm³/mol. The van der Waals surface area contributed by atoms with E-state index in [0.29, 0.717) is 0 Å². The Bertz CT molecular complexity index is 721. The van der Waals surface area contributed by atoms with E-state index >= 15 is 0 Å². The summed E-state index contributed by atoms with van der Waals surface area (Å²) in [6, 6.07) is 6.25. The molecule has 0 fully saturated rings. The fourth-order valence-corrected chi connectivity index (χ4v) is 2.65. The summed E-state index contributed by atoms with van der Waals surface area (Å²) < 4.78 is 26.7. The van der Waals surface area contributed by atoms with Gasteiger partial charge in [-0.05, 0) is 44.9 Å². The van der Waals surface area contributed by atoms with Gasteiger partial charge in [-0.25, -0.2) is 13.6 Å². The molecule has 0 aromatic heterocycles. The molecule has 122 valence electrons.